The number of likely N-dealkylation sites (N-methyl/N-ethyl adjacent to an activating group) is 1. The SMILES string of the molecule is CCOC(=O)c1c(NC(=O)COc2ccc(OCC)cc2)sc2c1CCN(C)C2. The molecule has 1 aliphatic rings. The van der Waals surface area contributed by atoms with Crippen molar-refractivity contribution in [3.63, 3.8) is 0 Å². The molecule has 0 fully saturated rings. The molecule has 3 rings (SSSR count). The van der Waals surface area contributed by atoms with E-state index in [0.717, 1.165) is 35.7 Å². The van der Waals surface area contributed by atoms with Gasteiger partial charge >= 0.3 is 5.97 Å². The molecule has 1 amide bonds. The largest absolute Gasteiger partial charge is 0.494 e. The van der Waals surface area contributed by atoms with Crippen molar-refractivity contribution in [1.82, 2.24) is 4.90 Å². The number of carbonyl (C=O) groups is 2. The Morgan fingerprint density at radius 3 is 2.45 bits per heavy atom. The molecule has 0 aliphatic carbocycles. The maximum Gasteiger partial charge on any atom is 0.341 e. The number of ether oxygens (including phenoxy) is 3. The highest BCUT2D eigenvalue weighted by Crippen LogP contribution is 2.37. The zero-order chi connectivity index (χ0) is 20.8. The lowest BCUT2D eigenvalue weighted by Crippen LogP contribution is -2.26. The molecule has 0 atom stereocenters. The van der Waals surface area contributed by atoms with Crippen LogP contribution >= 0.6 is 11.3 Å². The number of hydrogen-bond acceptors (Lipinski definition) is 7. The highest BCUT2D eigenvalue weighted by atomic mass is 32.1. The fourth-order valence-corrected chi connectivity index (χ4v) is 4.48. The molecule has 0 bridgehead atoms. The molecular weight excluding hydrogens is 392 g/mol. The summed E-state index contributed by atoms with van der Waals surface area (Å²) in [5.41, 5.74) is 1.46. The summed E-state index contributed by atoms with van der Waals surface area (Å²) in [6, 6.07) is 7.09. The first-order chi connectivity index (χ1) is 14.0. The number of carbonyl (C=O) groups excluding carboxylic acids is 2. The van der Waals surface area contributed by atoms with E-state index in [0.29, 0.717) is 22.9 Å². The molecule has 0 unspecified atom stereocenters. The smallest absolute Gasteiger partial charge is 0.341 e. The summed E-state index contributed by atoms with van der Waals surface area (Å²) < 4.78 is 16.2. The molecule has 1 aromatic carbocycles. The van der Waals surface area contributed by atoms with Crippen LogP contribution in [0.3, 0.4) is 0 Å². The molecule has 2 heterocycles. The van der Waals surface area contributed by atoms with Crippen molar-refractivity contribution in [2.45, 2.75) is 26.8 Å². The van der Waals surface area contributed by atoms with E-state index in [9.17, 15) is 9.59 Å². The number of amides is 1. The summed E-state index contributed by atoms with van der Waals surface area (Å²) in [4.78, 5) is 28.2. The van der Waals surface area contributed by atoms with Crippen molar-refractivity contribution in [2.24, 2.45) is 0 Å². The van der Waals surface area contributed by atoms with Gasteiger partial charge in [-0.05, 0) is 57.1 Å². The first-order valence-electron chi connectivity index (χ1n) is 9.67. The van der Waals surface area contributed by atoms with Gasteiger partial charge in [0.1, 0.15) is 16.5 Å². The molecule has 29 heavy (non-hydrogen) atoms. The number of thiophene rings is 1. The third-order valence-electron chi connectivity index (χ3n) is 4.48. The Morgan fingerprint density at radius 2 is 1.79 bits per heavy atom. The van der Waals surface area contributed by atoms with Crippen molar-refractivity contribution in [1.29, 1.82) is 0 Å². The second kappa shape index (κ2) is 9.76. The maximum atomic E-state index is 12.5. The number of benzene rings is 1. The minimum Gasteiger partial charge on any atom is -0.494 e. The number of anilines is 1. The minimum absolute atomic E-state index is 0.154. The number of nitrogens with one attached hydrogen (secondary N) is 1. The monoisotopic (exact) mass is 418 g/mol. The van der Waals surface area contributed by atoms with Crippen LogP contribution in [0.1, 0.15) is 34.6 Å². The Hall–Kier alpha value is -2.58. The van der Waals surface area contributed by atoms with Crippen molar-refractivity contribution >= 4 is 28.2 Å². The summed E-state index contributed by atoms with van der Waals surface area (Å²) in [5.74, 6) is 0.604. The van der Waals surface area contributed by atoms with E-state index in [4.69, 9.17) is 14.2 Å². The summed E-state index contributed by atoms with van der Waals surface area (Å²) >= 11 is 1.43. The molecule has 1 aromatic heterocycles. The predicted octanol–water partition coefficient (Wildman–Crippen LogP) is 3.33. The molecule has 156 valence electrons. The van der Waals surface area contributed by atoms with Crippen LogP contribution in [-0.4, -0.2) is 50.2 Å². The lowest BCUT2D eigenvalue weighted by atomic mass is 10.0. The van der Waals surface area contributed by atoms with Crippen LogP contribution in [0.2, 0.25) is 0 Å². The van der Waals surface area contributed by atoms with Gasteiger partial charge in [0.2, 0.25) is 0 Å². The molecule has 2 aromatic rings. The number of nitrogens with zero attached hydrogens (tertiary/aromatic N) is 1. The molecule has 0 saturated heterocycles. The van der Waals surface area contributed by atoms with Gasteiger partial charge in [-0.1, -0.05) is 0 Å². The third-order valence-corrected chi connectivity index (χ3v) is 5.62. The molecule has 1 N–H and O–H groups in total. The topological polar surface area (TPSA) is 77.1 Å². The number of hydrogen-bond donors (Lipinski definition) is 1. The molecule has 7 nitrogen and oxygen atoms in total. The van der Waals surface area contributed by atoms with Crippen molar-refractivity contribution in [3.05, 3.63) is 40.3 Å². The standard InChI is InChI=1S/C21H26N2O5S/c1-4-26-14-6-8-15(9-7-14)28-13-18(24)22-20-19(21(25)27-5-2)16-10-11-23(3)12-17(16)29-20/h6-9H,4-5,10-13H2,1-3H3,(H,22,24). The molecule has 1 aliphatic heterocycles. The predicted molar refractivity (Wildman–Crippen MR) is 112 cm³/mol. The fraction of sp³-hybridized carbons (Fsp3) is 0.429. The van der Waals surface area contributed by atoms with E-state index in [2.05, 4.69) is 10.2 Å². The summed E-state index contributed by atoms with van der Waals surface area (Å²) in [5, 5.41) is 3.37. The fourth-order valence-electron chi connectivity index (χ4n) is 3.15. The van der Waals surface area contributed by atoms with Gasteiger partial charge in [-0.15, -0.1) is 11.3 Å². The Bertz CT molecular complexity index is 863. The normalized spacial score (nSPS) is 13.5. The first kappa shape index (κ1) is 21.1. The highest BCUT2D eigenvalue weighted by Gasteiger charge is 2.28. The zero-order valence-electron chi connectivity index (χ0n) is 16.9. The Labute approximate surface area is 174 Å². The Morgan fingerprint density at radius 1 is 1.10 bits per heavy atom. The van der Waals surface area contributed by atoms with Crippen molar-refractivity contribution in [2.75, 3.05) is 38.7 Å². The van der Waals surface area contributed by atoms with Crippen molar-refractivity contribution < 1.29 is 23.8 Å². The van der Waals surface area contributed by atoms with Gasteiger partial charge in [-0.2, -0.15) is 0 Å². The van der Waals surface area contributed by atoms with Crippen LogP contribution in [0, 0.1) is 0 Å². The summed E-state index contributed by atoms with van der Waals surface area (Å²) in [6.45, 7) is 6.03. The van der Waals surface area contributed by atoms with E-state index in [-0.39, 0.29) is 19.1 Å². The van der Waals surface area contributed by atoms with Crippen molar-refractivity contribution in [3.8, 4) is 11.5 Å². The van der Waals surface area contributed by atoms with Gasteiger partial charge in [0.05, 0.1) is 18.8 Å². The maximum absolute atomic E-state index is 12.5. The van der Waals surface area contributed by atoms with Gasteiger partial charge in [-0.3, -0.25) is 4.79 Å². The van der Waals surface area contributed by atoms with E-state index < -0.39 is 5.97 Å². The molecule has 0 saturated carbocycles. The van der Waals surface area contributed by atoms with Crippen LogP contribution in [0.5, 0.6) is 11.5 Å². The van der Waals surface area contributed by atoms with Crippen LogP contribution in [-0.2, 0) is 22.5 Å². The number of rotatable bonds is 8. The van der Waals surface area contributed by atoms with Crippen LogP contribution in [0.4, 0.5) is 5.00 Å². The second-order valence-electron chi connectivity index (χ2n) is 6.66. The van der Waals surface area contributed by atoms with Gasteiger partial charge in [0, 0.05) is 18.0 Å². The average Bonchev–Trinajstić information content (AvgIpc) is 3.04. The lowest BCUT2D eigenvalue weighted by molar-refractivity contribution is -0.118. The zero-order valence-corrected chi connectivity index (χ0v) is 17.8. The average molecular weight is 419 g/mol. The quantitative estimate of drug-likeness (QED) is 0.663. The van der Waals surface area contributed by atoms with Crippen LogP contribution in [0.25, 0.3) is 0 Å². The van der Waals surface area contributed by atoms with E-state index in [1.807, 2.05) is 14.0 Å². The molecular formula is C21H26N2O5S. The van der Waals surface area contributed by atoms with E-state index in [1.165, 1.54) is 11.3 Å². The van der Waals surface area contributed by atoms with Crippen LogP contribution < -0.4 is 14.8 Å². The highest BCUT2D eigenvalue weighted by molar-refractivity contribution is 7.17. The van der Waals surface area contributed by atoms with Gasteiger partial charge in [0.25, 0.3) is 5.91 Å². The van der Waals surface area contributed by atoms with Gasteiger partial charge < -0.3 is 24.4 Å². The van der Waals surface area contributed by atoms with Crippen LogP contribution in [0.15, 0.2) is 24.3 Å². The first-order valence-corrected chi connectivity index (χ1v) is 10.5. The Balaban J connectivity index is 1.68. The third kappa shape index (κ3) is 5.27. The van der Waals surface area contributed by atoms with Gasteiger partial charge in [-0.25, -0.2) is 4.79 Å². The molecule has 8 heteroatoms. The molecule has 0 spiro atoms. The number of esters is 1. The van der Waals surface area contributed by atoms with Gasteiger partial charge in [0.15, 0.2) is 6.61 Å². The van der Waals surface area contributed by atoms with E-state index in [1.54, 1.807) is 31.2 Å². The lowest BCUT2D eigenvalue weighted by Gasteiger charge is -2.22. The van der Waals surface area contributed by atoms with E-state index >= 15 is 0 Å². The number of fused-ring (bicyclic) bond motifs is 1. The Kier molecular flexibility index (Phi) is 7.11. The summed E-state index contributed by atoms with van der Waals surface area (Å²) in [7, 11) is 2.04. The molecule has 0 radical (unpaired) electrons. The minimum atomic E-state index is -0.391. The second-order valence-corrected chi connectivity index (χ2v) is 7.76. The summed E-state index contributed by atoms with van der Waals surface area (Å²) in [6.07, 6.45) is 0.759.